The van der Waals surface area contributed by atoms with Crippen LogP contribution in [0.5, 0.6) is 34.5 Å². The van der Waals surface area contributed by atoms with E-state index in [0.29, 0.717) is 33.6 Å². The molecule has 0 aromatic heterocycles. The van der Waals surface area contributed by atoms with Gasteiger partial charge in [0, 0.05) is 5.02 Å². The van der Waals surface area contributed by atoms with Gasteiger partial charge in [0.25, 0.3) is 5.91 Å². The van der Waals surface area contributed by atoms with Gasteiger partial charge in [-0.3, -0.25) is 4.79 Å². The zero-order chi connectivity index (χ0) is 26.8. The average Bonchev–Trinajstić information content (AvgIpc) is 2.92. The molecular weight excluding hydrogens is 504 g/mol. The Bertz CT molecular complexity index is 1250. The minimum absolute atomic E-state index is 0.179. The van der Waals surface area contributed by atoms with Crippen LogP contribution in [-0.2, 0) is 4.79 Å². The summed E-state index contributed by atoms with van der Waals surface area (Å²) in [6.45, 7) is -0.224. The van der Waals surface area contributed by atoms with Gasteiger partial charge in [-0.25, -0.2) is 10.2 Å². The Labute approximate surface area is 218 Å². The highest BCUT2D eigenvalue weighted by atomic mass is 35.5. The van der Waals surface area contributed by atoms with Crippen molar-refractivity contribution in [3.63, 3.8) is 0 Å². The maximum absolute atomic E-state index is 12.8. The van der Waals surface area contributed by atoms with Gasteiger partial charge in [0.05, 0.1) is 40.2 Å². The van der Waals surface area contributed by atoms with E-state index < -0.39 is 11.9 Å². The number of esters is 1. The SMILES string of the molecule is COc1cc(C=NNC(=O)COc2ccc(Cl)cc2)ccc1OC(=O)c1cc(OC)c(OC)c(OC)c1. The quantitative estimate of drug-likeness (QED) is 0.171. The highest BCUT2D eigenvalue weighted by Gasteiger charge is 2.19. The molecule has 0 fully saturated rings. The lowest BCUT2D eigenvalue weighted by Gasteiger charge is -2.14. The summed E-state index contributed by atoms with van der Waals surface area (Å²) >= 11 is 5.82. The van der Waals surface area contributed by atoms with Crippen molar-refractivity contribution in [1.29, 1.82) is 0 Å². The van der Waals surface area contributed by atoms with Crippen molar-refractivity contribution < 1.29 is 38.0 Å². The van der Waals surface area contributed by atoms with Crippen molar-refractivity contribution in [3.05, 3.63) is 70.7 Å². The highest BCUT2D eigenvalue weighted by Crippen LogP contribution is 2.38. The van der Waals surface area contributed by atoms with E-state index in [4.69, 9.17) is 40.0 Å². The van der Waals surface area contributed by atoms with E-state index in [2.05, 4.69) is 10.5 Å². The van der Waals surface area contributed by atoms with Crippen LogP contribution in [-0.4, -0.2) is 53.1 Å². The normalized spacial score (nSPS) is 10.5. The Kier molecular flexibility index (Phi) is 9.56. The second kappa shape index (κ2) is 13.0. The van der Waals surface area contributed by atoms with Gasteiger partial charge in [-0.05, 0) is 60.2 Å². The smallest absolute Gasteiger partial charge is 0.343 e. The van der Waals surface area contributed by atoms with Crippen LogP contribution in [0, 0.1) is 0 Å². The van der Waals surface area contributed by atoms with Crippen LogP contribution in [0.15, 0.2) is 59.7 Å². The molecule has 1 amide bonds. The number of methoxy groups -OCH3 is 4. The molecule has 0 saturated carbocycles. The molecule has 0 bridgehead atoms. The maximum atomic E-state index is 12.8. The molecule has 0 aliphatic carbocycles. The number of carbonyl (C=O) groups excluding carboxylic acids is 2. The summed E-state index contributed by atoms with van der Waals surface area (Å²) in [5, 5.41) is 4.48. The molecule has 1 N–H and O–H groups in total. The number of hydrogen-bond donors (Lipinski definition) is 1. The highest BCUT2D eigenvalue weighted by molar-refractivity contribution is 6.30. The Balaban J connectivity index is 1.64. The number of rotatable bonds is 11. The molecule has 3 aromatic carbocycles. The standard InChI is InChI=1S/C26H25ClN2O8/c1-32-21-11-16(14-28-29-24(30)15-36-19-8-6-18(27)7-9-19)5-10-20(21)37-26(31)17-12-22(33-2)25(35-4)23(13-17)34-3/h5-14H,15H2,1-4H3,(H,29,30). The van der Waals surface area contributed by atoms with Crippen molar-refractivity contribution in [3.8, 4) is 34.5 Å². The zero-order valence-corrected chi connectivity index (χ0v) is 21.3. The van der Waals surface area contributed by atoms with Gasteiger partial charge in [-0.1, -0.05) is 11.6 Å². The van der Waals surface area contributed by atoms with E-state index in [1.54, 1.807) is 42.5 Å². The number of hydrazone groups is 1. The van der Waals surface area contributed by atoms with E-state index >= 15 is 0 Å². The third-order valence-corrected chi connectivity index (χ3v) is 5.13. The molecule has 3 rings (SSSR count). The average molecular weight is 529 g/mol. The third kappa shape index (κ3) is 7.28. The van der Waals surface area contributed by atoms with E-state index in [1.165, 1.54) is 46.8 Å². The van der Waals surface area contributed by atoms with E-state index in [9.17, 15) is 9.59 Å². The van der Waals surface area contributed by atoms with Crippen LogP contribution in [0.1, 0.15) is 15.9 Å². The first kappa shape index (κ1) is 27.2. The fourth-order valence-electron chi connectivity index (χ4n) is 3.10. The second-order valence-electron chi connectivity index (χ2n) is 7.25. The molecule has 0 aliphatic rings. The largest absolute Gasteiger partial charge is 0.493 e. The second-order valence-corrected chi connectivity index (χ2v) is 7.69. The van der Waals surface area contributed by atoms with Gasteiger partial charge < -0.3 is 28.4 Å². The lowest BCUT2D eigenvalue weighted by atomic mass is 10.1. The Morgan fingerprint density at radius 3 is 2.08 bits per heavy atom. The van der Waals surface area contributed by atoms with Gasteiger partial charge >= 0.3 is 5.97 Å². The van der Waals surface area contributed by atoms with E-state index in [-0.39, 0.29) is 23.7 Å². The molecule has 0 heterocycles. The number of halogens is 1. The third-order valence-electron chi connectivity index (χ3n) is 4.88. The molecule has 0 atom stereocenters. The maximum Gasteiger partial charge on any atom is 0.343 e. The molecule has 37 heavy (non-hydrogen) atoms. The first-order chi connectivity index (χ1) is 17.9. The summed E-state index contributed by atoms with van der Waals surface area (Å²) in [4.78, 5) is 24.8. The number of amides is 1. The van der Waals surface area contributed by atoms with E-state index in [0.717, 1.165) is 0 Å². The molecule has 10 nitrogen and oxygen atoms in total. The summed E-state index contributed by atoms with van der Waals surface area (Å²) in [7, 11) is 5.80. The zero-order valence-electron chi connectivity index (χ0n) is 20.6. The Hall–Kier alpha value is -4.44. The molecule has 0 aliphatic heterocycles. The molecule has 0 spiro atoms. The van der Waals surface area contributed by atoms with Crippen LogP contribution in [0.4, 0.5) is 0 Å². The summed E-state index contributed by atoms with van der Waals surface area (Å²) in [6.07, 6.45) is 1.41. The molecule has 0 saturated heterocycles. The molecule has 0 radical (unpaired) electrons. The number of nitrogens with one attached hydrogen (secondary N) is 1. The number of benzene rings is 3. The number of hydrogen-bond acceptors (Lipinski definition) is 9. The van der Waals surface area contributed by atoms with E-state index in [1.807, 2.05) is 0 Å². The fourth-order valence-corrected chi connectivity index (χ4v) is 3.22. The van der Waals surface area contributed by atoms with Crippen molar-refractivity contribution in [2.75, 3.05) is 35.0 Å². The van der Waals surface area contributed by atoms with Crippen LogP contribution in [0.3, 0.4) is 0 Å². The van der Waals surface area contributed by atoms with Gasteiger partial charge in [0.15, 0.2) is 29.6 Å². The van der Waals surface area contributed by atoms with Gasteiger partial charge in [0.1, 0.15) is 5.75 Å². The number of nitrogens with zero attached hydrogens (tertiary/aromatic N) is 1. The number of carbonyl (C=O) groups is 2. The minimum atomic E-state index is -0.660. The first-order valence-corrected chi connectivity index (χ1v) is 11.2. The molecule has 11 heteroatoms. The Morgan fingerprint density at radius 1 is 0.838 bits per heavy atom. The van der Waals surface area contributed by atoms with Gasteiger partial charge in [0.2, 0.25) is 5.75 Å². The molecular formula is C26H25ClN2O8. The van der Waals surface area contributed by atoms with Gasteiger partial charge in [-0.15, -0.1) is 0 Å². The molecule has 194 valence electrons. The molecule has 3 aromatic rings. The predicted molar refractivity (Wildman–Crippen MR) is 137 cm³/mol. The summed E-state index contributed by atoms with van der Waals surface area (Å²) in [5.41, 5.74) is 3.14. The van der Waals surface area contributed by atoms with Crippen LogP contribution < -0.4 is 33.8 Å². The monoisotopic (exact) mass is 528 g/mol. The Morgan fingerprint density at radius 2 is 1.49 bits per heavy atom. The van der Waals surface area contributed by atoms with Crippen molar-refractivity contribution in [1.82, 2.24) is 5.43 Å². The van der Waals surface area contributed by atoms with Crippen molar-refractivity contribution >= 4 is 29.7 Å². The number of ether oxygens (including phenoxy) is 6. The first-order valence-electron chi connectivity index (χ1n) is 10.8. The van der Waals surface area contributed by atoms with Crippen molar-refractivity contribution in [2.45, 2.75) is 0 Å². The lowest BCUT2D eigenvalue weighted by molar-refractivity contribution is -0.123. The van der Waals surface area contributed by atoms with Crippen LogP contribution in [0.2, 0.25) is 5.02 Å². The van der Waals surface area contributed by atoms with Crippen molar-refractivity contribution in [2.24, 2.45) is 5.10 Å². The lowest BCUT2D eigenvalue weighted by Crippen LogP contribution is -2.24. The van der Waals surface area contributed by atoms with Crippen LogP contribution >= 0.6 is 11.6 Å². The fraction of sp³-hybridized carbons (Fsp3) is 0.192. The summed E-state index contributed by atoms with van der Waals surface area (Å²) in [5.74, 6) is 0.833. The van der Waals surface area contributed by atoms with Gasteiger partial charge in [-0.2, -0.15) is 5.10 Å². The molecule has 0 unspecified atom stereocenters. The summed E-state index contributed by atoms with van der Waals surface area (Å²) in [6, 6.07) is 14.4. The summed E-state index contributed by atoms with van der Waals surface area (Å²) < 4.78 is 32.1. The van der Waals surface area contributed by atoms with Crippen LogP contribution in [0.25, 0.3) is 0 Å². The minimum Gasteiger partial charge on any atom is -0.493 e. The topological polar surface area (TPSA) is 114 Å². The predicted octanol–water partition coefficient (Wildman–Crippen LogP) is 4.12.